The van der Waals surface area contributed by atoms with Crippen LogP contribution < -0.4 is 10.6 Å². The van der Waals surface area contributed by atoms with Gasteiger partial charge in [-0.25, -0.2) is 4.68 Å². The van der Waals surface area contributed by atoms with Gasteiger partial charge in [0.05, 0.1) is 19.8 Å². The largest absolute Gasteiger partial charge is 0.379 e. The summed E-state index contributed by atoms with van der Waals surface area (Å²) in [4.78, 5) is 7.21. The number of morpholine rings is 1. The molecular formula is C22H38N6OS. The van der Waals surface area contributed by atoms with E-state index in [1.54, 1.807) is 11.8 Å². The molecule has 1 saturated heterocycles. The summed E-state index contributed by atoms with van der Waals surface area (Å²) in [6, 6.07) is 0.378. The highest BCUT2D eigenvalue weighted by Crippen LogP contribution is 2.29. The predicted molar refractivity (Wildman–Crippen MR) is 123 cm³/mol. The average Bonchev–Trinajstić information content (AvgIpc) is 3.18. The number of hydrogen-bond donors (Lipinski definition) is 2. The third kappa shape index (κ3) is 5.99. The van der Waals surface area contributed by atoms with Gasteiger partial charge >= 0.3 is 0 Å². The Morgan fingerprint density at radius 2 is 1.87 bits per heavy atom. The molecule has 8 heteroatoms. The lowest BCUT2D eigenvalue weighted by atomic mass is 9.94. The molecule has 1 unspecified atom stereocenters. The van der Waals surface area contributed by atoms with E-state index in [2.05, 4.69) is 25.3 Å². The third-order valence-electron chi connectivity index (χ3n) is 6.55. The van der Waals surface area contributed by atoms with Gasteiger partial charge in [0, 0.05) is 37.9 Å². The van der Waals surface area contributed by atoms with Crippen LogP contribution in [0.2, 0.25) is 0 Å². The molecule has 0 spiro atoms. The maximum Gasteiger partial charge on any atom is 0.226 e. The van der Waals surface area contributed by atoms with Gasteiger partial charge in [0.2, 0.25) is 11.1 Å². The number of nitrogens with one attached hydrogen (secondary N) is 2. The Balaban J connectivity index is 1.47. The van der Waals surface area contributed by atoms with Crippen molar-refractivity contribution in [3.63, 3.8) is 0 Å². The smallest absolute Gasteiger partial charge is 0.226 e. The summed E-state index contributed by atoms with van der Waals surface area (Å²) in [7, 11) is 0. The first-order valence-corrected chi connectivity index (χ1v) is 13.1. The van der Waals surface area contributed by atoms with Crippen LogP contribution in [0, 0.1) is 0 Å². The lowest BCUT2D eigenvalue weighted by Gasteiger charge is -2.31. The summed E-state index contributed by atoms with van der Waals surface area (Å²) >= 11 is 1.61. The fourth-order valence-corrected chi connectivity index (χ4v) is 5.13. The van der Waals surface area contributed by atoms with E-state index in [-0.39, 0.29) is 0 Å². The molecule has 1 aliphatic carbocycles. The Labute approximate surface area is 185 Å². The first kappa shape index (κ1) is 22.1. The predicted octanol–water partition coefficient (Wildman–Crippen LogP) is 3.49. The minimum atomic E-state index is 0.378. The molecule has 7 nitrogen and oxygen atoms in total. The molecule has 1 aromatic heterocycles. The first-order valence-electron chi connectivity index (χ1n) is 11.8. The average molecular weight is 435 g/mol. The van der Waals surface area contributed by atoms with Gasteiger partial charge in [0.25, 0.3) is 0 Å². The van der Waals surface area contributed by atoms with E-state index >= 15 is 0 Å². The van der Waals surface area contributed by atoms with Gasteiger partial charge in [-0.15, -0.1) is 5.10 Å². The number of nitrogens with zero attached hydrogens (tertiary/aromatic N) is 4. The lowest BCUT2D eigenvalue weighted by Crippen LogP contribution is -2.44. The SMILES string of the molecule is CSc1nc2n(n1)CC1=C(N2)C(NCCN2CCOCC2)CCCCCCCCC1. The molecule has 0 amide bonds. The second-order valence-corrected chi connectivity index (χ2v) is 9.47. The number of thioether (sulfide) groups is 1. The quantitative estimate of drug-likeness (QED) is 0.688. The van der Waals surface area contributed by atoms with Gasteiger partial charge in [-0.3, -0.25) is 4.90 Å². The Bertz CT molecular complexity index is 700. The summed E-state index contributed by atoms with van der Waals surface area (Å²) in [6.45, 7) is 6.84. The Hall–Kier alpha value is -1.09. The fraction of sp³-hybridized carbons (Fsp3) is 0.818. The van der Waals surface area contributed by atoms with Crippen molar-refractivity contribution in [1.82, 2.24) is 25.0 Å². The highest BCUT2D eigenvalue weighted by molar-refractivity contribution is 7.98. The number of rotatable bonds is 5. The summed E-state index contributed by atoms with van der Waals surface area (Å²) in [5.74, 6) is 0.908. The van der Waals surface area contributed by atoms with Gasteiger partial charge < -0.3 is 15.4 Å². The molecule has 0 saturated carbocycles. The van der Waals surface area contributed by atoms with Crippen LogP contribution in [0.1, 0.15) is 57.8 Å². The second-order valence-electron chi connectivity index (χ2n) is 8.70. The van der Waals surface area contributed by atoms with Crippen LogP contribution >= 0.6 is 11.8 Å². The Morgan fingerprint density at radius 1 is 1.10 bits per heavy atom. The van der Waals surface area contributed by atoms with Crippen LogP contribution in [-0.4, -0.2) is 71.4 Å². The van der Waals surface area contributed by atoms with E-state index in [1.165, 1.54) is 62.6 Å². The van der Waals surface area contributed by atoms with Gasteiger partial charge in [0.15, 0.2) is 0 Å². The van der Waals surface area contributed by atoms with Crippen molar-refractivity contribution in [2.24, 2.45) is 0 Å². The molecule has 2 aliphatic heterocycles. The summed E-state index contributed by atoms with van der Waals surface area (Å²) in [6.07, 6.45) is 13.8. The van der Waals surface area contributed by atoms with Crippen LogP contribution in [0.3, 0.4) is 0 Å². The molecule has 0 radical (unpaired) electrons. The molecule has 2 N–H and O–H groups in total. The topological polar surface area (TPSA) is 67.2 Å². The van der Waals surface area contributed by atoms with Gasteiger partial charge in [-0.05, 0) is 31.1 Å². The lowest BCUT2D eigenvalue weighted by molar-refractivity contribution is 0.0382. The molecule has 3 heterocycles. The van der Waals surface area contributed by atoms with E-state index in [0.29, 0.717) is 6.04 Å². The minimum Gasteiger partial charge on any atom is -0.379 e. The summed E-state index contributed by atoms with van der Waals surface area (Å²) < 4.78 is 7.55. The first-order chi connectivity index (χ1) is 14.8. The molecule has 4 rings (SSSR count). The van der Waals surface area contributed by atoms with Crippen molar-refractivity contribution in [3.05, 3.63) is 11.3 Å². The van der Waals surface area contributed by atoms with Crippen LogP contribution in [0.15, 0.2) is 16.4 Å². The molecule has 1 fully saturated rings. The number of anilines is 1. The molecule has 0 aromatic carbocycles. The zero-order valence-electron chi connectivity index (χ0n) is 18.5. The molecular weight excluding hydrogens is 396 g/mol. The Morgan fingerprint density at radius 3 is 2.67 bits per heavy atom. The van der Waals surface area contributed by atoms with Crippen molar-refractivity contribution >= 4 is 17.7 Å². The van der Waals surface area contributed by atoms with Crippen molar-refractivity contribution in [3.8, 4) is 0 Å². The number of ether oxygens (including phenoxy) is 1. The Kier molecular flexibility index (Phi) is 8.48. The van der Waals surface area contributed by atoms with Crippen molar-refractivity contribution in [2.45, 2.75) is 75.5 Å². The number of allylic oxidation sites excluding steroid dienone is 1. The maximum atomic E-state index is 5.49. The zero-order valence-corrected chi connectivity index (χ0v) is 19.3. The highest BCUT2D eigenvalue weighted by atomic mass is 32.2. The fourth-order valence-electron chi connectivity index (χ4n) is 4.77. The molecule has 3 aliphatic rings. The van der Waals surface area contributed by atoms with Crippen LogP contribution in [0.5, 0.6) is 0 Å². The normalized spacial score (nSPS) is 24.4. The van der Waals surface area contributed by atoms with Crippen LogP contribution in [0.4, 0.5) is 5.95 Å². The summed E-state index contributed by atoms with van der Waals surface area (Å²) in [5.41, 5.74) is 2.90. The standard InChI is InChI=1S/C22H38N6OS/c1-30-22-25-21-24-20-18(17-28(21)26-22)9-7-5-3-2-4-6-8-10-19(20)23-11-12-27-13-15-29-16-14-27/h19,23H,2-17H2,1H3,(H,24,25,26). The van der Waals surface area contributed by atoms with E-state index < -0.39 is 0 Å². The monoisotopic (exact) mass is 434 g/mol. The minimum absolute atomic E-state index is 0.378. The van der Waals surface area contributed by atoms with Crippen LogP contribution in [-0.2, 0) is 11.3 Å². The third-order valence-corrected chi connectivity index (χ3v) is 7.08. The number of aromatic nitrogens is 3. The summed E-state index contributed by atoms with van der Waals surface area (Å²) in [5, 5.41) is 13.1. The van der Waals surface area contributed by atoms with Crippen molar-refractivity contribution < 1.29 is 4.74 Å². The molecule has 168 valence electrons. The van der Waals surface area contributed by atoms with E-state index in [1.807, 2.05) is 6.26 Å². The second kappa shape index (κ2) is 11.5. The molecule has 1 atom stereocenters. The highest BCUT2D eigenvalue weighted by Gasteiger charge is 2.26. The van der Waals surface area contributed by atoms with Crippen LogP contribution in [0.25, 0.3) is 0 Å². The zero-order chi connectivity index (χ0) is 20.6. The van der Waals surface area contributed by atoms with Gasteiger partial charge in [-0.2, -0.15) is 4.98 Å². The molecule has 30 heavy (non-hydrogen) atoms. The molecule has 1 aromatic rings. The number of hydrogen-bond acceptors (Lipinski definition) is 7. The maximum absolute atomic E-state index is 5.49. The van der Waals surface area contributed by atoms with E-state index in [0.717, 1.165) is 63.5 Å². The van der Waals surface area contributed by atoms with Crippen molar-refractivity contribution in [1.29, 1.82) is 0 Å². The van der Waals surface area contributed by atoms with E-state index in [9.17, 15) is 0 Å². The van der Waals surface area contributed by atoms with Crippen molar-refractivity contribution in [2.75, 3.05) is 51.0 Å². The van der Waals surface area contributed by atoms with Gasteiger partial charge in [0.1, 0.15) is 0 Å². The number of fused-ring (bicyclic) bond motifs is 1. The van der Waals surface area contributed by atoms with Gasteiger partial charge in [-0.1, -0.05) is 50.3 Å². The van der Waals surface area contributed by atoms with E-state index in [4.69, 9.17) is 9.72 Å². The molecule has 0 bridgehead atoms.